The summed E-state index contributed by atoms with van der Waals surface area (Å²) >= 11 is 0. The average molecular weight is 263 g/mol. The zero-order chi connectivity index (χ0) is 13.8. The van der Waals surface area contributed by atoms with Gasteiger partial charge >= 0.3 is 0 Å². The molecule has 0 aliphatic carbocycles. The summed E-state index contributed by atoms with van der Waals surface area (Å²) in [5.74, 6) is 0.857. The standard InChI is InChI=1S/C13H21N5O/c1-4-15-13(19)11-8-14-5-6-18(11)12-10(3)16-7-9(2)17-12/h7,11,14H,4-6,8H2,1-3H3,(H,15,19). The van der Waals surface area contributed by atoms with Gasteiger partial charge in [0.05, 0.1) is 11.4 Å². The molecule has 0 bridgehead atoms. The van der Waals surface area contributed by atoms with Gasteiger partial charge in [0.15, 0.2) is 5.82 Å². The van der Waals surface area contributed by atoms with E-state index in [2.05, 4.69) is 25.5 Å². The smallest absolute Gasteiger partial charge is 0.244 e. The Labute approximate surface area is 113 Å². The predicted molar refractivity (Wildman–Crippen MR) is 74.2 cm³/mol. The van der Waals surface area contributed by atoms with Gasteiger partial charge in [-0.25, -0.2) is 4.98 Å². The van der Waals surface area contributed by atoms with Crippen LogP contribution in [0.5, 0.6) is 0 Å². The number of carbonyl (C=O) groups excluding carboxylic acids is 1. The van der Waals surface area contributed by atoms with Gasteiger partial charge in [0.2, 0.25) is 5.91 Å². The highest BCUT2D eigenvalue weighted by Gasteiger charge is 2.30. The van der Waals surface area contributed by atoms with Gasteiger partial charge in [-0.3, -0.25) is 9.78 Å². The Morgan fingerprint density at radius 2 is 2.37 bits per heavy atom. The van der Waals surface area contributed by atoms with Crippen LogP contribution in [0.2, 0.25) is 0 Å². The van der Waals surface area contributed by atoms with Crippen LogP contribution in [-0.4, -0.2) is 48.1 Å². The van der Waals surface area contributed by atoms with Crippen molar-refractivity contribution >= 4 is 11.7 Å². The molecule has 2 N–H and O–H groups in total. The zero-order valence-electron chi connectivity index (χ0n) is 11.7. The topological polar surface area (TPSA) is 70.2 Å². The van der Waals surface area contributed by atoms with Crippen LogP contribution in [0.25, 0.3) is 0 Å². The average Bonchev–Trinajstić information content (AvgIpc) is 2.42. The Morgan fingerprint density at radius 3 is 3.11 bits per heavy atom. The van der Waals surface area contributed by atoms with Crippen LogP contribution >= 0.6 is 0 Å². The van der Waals surface area contributed by atoms with Crippen molar-refractivity contribution in [2.24, 2.45) is 0 Å². The molecule has 1 aliphatic rings. The fraction of sp³-hybridized carbons (Fsp3) is 0.615. The number of anilines is 1. The molecule has 6 heteroatoms. The van der Waals surface area contributed by atoms with E-state index >= 15 is 0 Å². The van der Waals surface area contributed by atoms with Crippen molar-refractivity contribution in [3.8, 4) is 0 Å². The first-order valence-corrected chi connectivity index (χ1v) is 6.68. The monoisotopic (exact) mass is 263 g/mol. The van der Waals surface area contributed by atoms with Gasteiger partial charge in [0, 0.05) is 32.4 Å². The molecule has 1 fully saturated rings. The third kappa shape index (κ3) is 3.01. The normalized spacial score (nSPS) is 19.3. The highest BCUT2D eigenvalue weighted by Crippen LogP contribution is 2.19. The van der Waals surface area contributed by atoms with Gasteiger partial charge in [0.25, 0.3) is 0 Å². The molecule has 1 aromatic heterocycles. The highest BCUT2D eigenvalue weighted by atomic mass is 16.2. The highest BCUT2D eigenvalue weighted by molar-refractivity contribution is 5.85. The van der Waals surface area contributed by atoms with Gasteiger partial charge in [-0.2, -0.15) is 0 Å². The number of piperazine rings is 1. The lowest BCUT2D eigenvalue weighted by molar-refractivity contribution is -0.122. The van der Waals surface area contributed by atoms with Crippen molar-refractivity contribution in [2.75, 3.05) is 31.1 Å². The number of nitrogens with zero attached hydrogens (tertiary/aromatic N) is 3. The van der Waals surface area contributed by atoms with Crippen molar-refractivity contribution in [3.63, 3.8) is 0 Å². The molecule has 0 saturated carbocycles. The van der Waals surface area contributed by atoms with Crippen molar-refractivity contribution in [1.29, 1.82) is 0 Å². The molecule has 0 radical (unpaired) electrons. The number of aryl methyl sites for hydroxylation is 2. The maximum Gasteiger partial charge on any atom is 0.244 e. The van der Waals surface area contributed by atoms with E-state index in [1.807, 2.05) is 20.8 Å². The fourth-order valence-corrected chi connectivity index (χ4v) is 2.28. The zero-order valence-corrected chi connectivity index (χ0v) is 11.7. The summed E-state index contributed by atoms with van der Waals surface area (Å²) in [5.41, 5.74) is 1.73. The van der Waals surface area contributed by atoms with E-state index < -0.39 is 0 Å². The second-order valence-electron chi connectivity index (χ2n) is 4.73. The molecule has 2 heterocycles. The van der Waals surface area contributed by atoms with E-state index in [9.17, 15) is 4.79 Å². The molecular formula is C13H21N5O. The van der Waals surface area contributed by atoms with Gasteiger partial charge in [-0.05, 0) is 20.8 Å². The number of nitrogens with one attached hydrogen (secondary N) is 2. The summed E-state index contributed by atoms with van der Waals surface area (Å²) in [7, 11) is 0. The van der Waals surface area contributed by atoms with Crippen molar-refractivity contribution in [1.82, 2.24) is 20.6 Å². The molecular weight excluding hydrogens is 242 g/mol. The predicted octanol–water partition coefficient (Wildman–Crippen LogP) is 0.00774. The Bertz CT molecular complexity index is 462. The fourth-order valence-electron chi connectivity index (χ4n) is 2.28. The van der Waals surface area contributed by atoms with Crippen molar-refractivity contribution in [3.05, 3.63) is 17.6 Å². The van der Waals surface area contributed by atoms with E-state index in [1.165, 1.54) is 0 Å². The van der Waals surface area contributed by atoms with Gasteiger partial charge in [0.1, 0.15) is 6.04 Å². The first kappa shape index (κ1) is 13.7. The molecule has 1 saturated heterocycles. The minimum Gasteiger partial charge on any atom is -0.355 e. The molecule has 2 rings (SSSR count). The second-order valence-corrected chi connectivity index (χ2v) is 4.73. The molecule has 19 heavy (non-hydrogen) atoms. The molecule has 1 aromatic rings. The molecule has 0 spiro atoms. The van der Waals surface area contributed by atoms with E-state index in [-0.39, 0.29) is 11.9 Å². The number of carbonyl (C=O) groups is 1. The molecule has 0 aromatic carbocycles. The summed E-state index contributed by atoms with van der Waals surface area (Å²) in [6, 6.07) is -0.219. The third-order valence-corrected chi connectivity index (χ3v) is 3.22. The van der Waals surface area contributed by atoms with Crippen LogP contribution in [0.4, 0.5) is 5.82 Å². The minimum absolute atomic E-state index is 0.0393. The van der Waals surface area contributed by atoms with E-state index in [0.717, 1.165) is 30.3 Å². The van der Waals surface area contributed by atoms with Gasteiger partial charge < -0.3 is 15.5 Å². The van der Waals surface area contributed by atoms with Crippen LogP contribution in [-0.2, 0) is 4.79 Å². The quantitative estimate of drug-likeness (QED) is 0.804. The van der Waals surface area contributed by atoms with E-state index in [1.54, 1.807) is 6.20 Å². The number of aromatic nitrogens is 2. The molecule has 1 aliphatic heterocycles. The molecule has 104 valence electrons. The van der Waals surface area contributed by atoms with Gasteiger partial charge in [-0.1, -0.05) is 0 Å². The lowest BCUT2D eigenvalue weighted by Crippen LogP contribution is -2.58. The summed E-state index contributed by atoms with van der Waals surface area (Å²) < 4.78 is 0. The van der Waals surface area contributed by atoms with Crippen LogP contribution in [0, 0.1) is 13.8 Å². The Kier molecular flexibility index (Phi) is 4.31. The van der Waals surface area contributed by atoms with Crippen molar-refractivity contribution < 1.29 is 4.79 Å². The maximum atomic E-state index is 12.1. The molecule has 1 unspecified atom stereocenters. The third-order valence-electron chi connectivity index (χ3n) is 3.22. The number of rotatable bonds is 3. The Hall–Kier alpha value is -1.69. The molecule has 1 atom stereocenters. The first-order chi connectivity index (χ1) is 9.13. The summed E-state index contributed by atoms with van der Waals surface area (Å²) in [6.45, 7) is 8.67. The van der Waals surface area contributed by atoms with Crippen LogP contribution in [0.15, 0.2) is 6.20 Å². The van der Waals surface area contributed by atoms with E-state index in [0.29, 0.717) is 13.1 Å². The van der Waals surface area contributed by atoms with Gasteiger partial charge in [-0.15, -0.1) is 0 Å². The summed E-state index contributed by atoms with van der Waals surface area (Å²) in [5, 5.41) is 6.14. The van der Waals surface area contributed by atoms with Crippen molar-refractivity contribution in [2.45, 2.75) is 26.8 Å². The van der Waals surface area contributed by atoms with E-state index in [4.69, 9.17) is 0 Å². The summed E-state index contributed by atoms with van der Waals surface area (Å²) in [6.07, 6.45) is 1.75. The minimum atomic E-state index is -0.219. The molecule has 6 nitrogen and oxygen atoms in total. The second kappa shape index (κ2) is 5.97. The number of hydrogen-bond acceptors (Lipinski definition) is 5. The lowest BCUT2D eigenvalue weighted by atomic mass is 10.1. The lowest BCUT2D eigenvalue weighted by Gasteiger charge is -2.36. The first-order valence-electron chi connectivity index (χ1n) is 6.68. The SMILES string of the molecule is CCNC(=O)C1CNCCN1c1nc(C)cnc1C. The number of amides is 1. The van der Waals surface area contributed by atoms with Crippen LogP contribution in [0.1, 0.15) is 18.3 Å². The maximum absolute atomic E-state index is 12.1. The Balaban J connectivity index is 2.28. The largest absolute Gasteiger partial charge is 0.355 e. The van der Waals surface area contributed by atoms with Crippen LogP contribution < -0.4 is 15.5 Å². The summed E-state index contributed by atoms with van der Waals surface area (Å²) in [4.78, 5) is 23.1. The Morgan fingerprint density at radius 1 is 1.58 bits per heavy atom. The number of hydrogen-bond donors (Lipinski definition) is 2. The molecule has 1 amide bonds. The van der Waals surface area contributed by atoms with Crippen LogP contribution in [0.3, 0.4) is 0 Å². The number of likely N-dealkylation sites (N-methyl/N-ethyl adjacent to an activating group) is 1.